The van der Waals surface area contributed by atoms with Crippen molar-refractivity contribution in [2.45, 2.75) is 32.2 Å². The Bertz CT molecular complexity index is 378. The third kappa shape index (κ3) is 3.69. The zero-order valence-corrected chi connectivity index (χ0v) is 11.6. The summed E-state index contributed by atoms with van der Waals surface area (Å²) >= 11 is 0. The van der Waals surface area contributed by atoms with Crippen LogP contribution in [0.15, 0.2) is 24.3 Å². The highest BCUT2D eigenvalue weighted by Gasteiger charge is 2.26. The molecule has 1 aromatic carbocycles. The summed E-state index contributed by atoms with van der Waals surface area (Å²) < 4.78 is 11.4. The average Bonchev–Trinajstić information content (AvgIpc) is 2.48. The Labute approximate surface area is 115 Å². The molecule has 3 N–H and O–H groups in total. The zero-order chi connectivity index (χ0) is 13.5. The molecule has 0 aliphatic carbocycles. The van der Waals surface area contributed by atoms with Crippen molar-refractivity contribution in [3.05, 3.63) is 29.8 Å². The third-order valence-corrected chi connectivity index (χ3v) is 3.56. The van der Waals surface area contributed by atoms with E-state index in [2.05, 4.69) is 18.4 Å². The summed E-state index contributed by atoms with van der Waals surface area (Å²) in [5.41, 5.74) is 4.08. The highest BCUT2D eigenvalue weighted by Crippen LogP contribution is 2.33. The first-order chi connectivity index (χ1) is 9.36. The highest BCUT2D eigenvalue weighted by molar-refractivity contribution is 5.36. The van der Waals surface area contributed by atoms with Crippen LogP contribution in [-0.4, -0.2) is 19.8 Å². The van der Waals surface area contributed by atoms with Crippen molar-refractivity contribution < 1.29 is 9.47 Å². The number of hydrogen-bond donors (Lipinski definition) is 2. The van der Waals surface area contributed by atoms with Gasteiger partial charge in [0.25, 0.3) is 0 Å². The number of para-hydroxylation sites is 1. The number of nitrogens with two attached hydrogens (primary N) is 1. The molecule has 0 bridgehead atoms. The van der Waals surface area contributed by atoms with Gasteiger partial charge in [-0.1, -0.05) is 25.1 Å². The van der Waals surface area contributed by atoms with Gasteiger partial charge in [0.15, 0.2) is 0 Å². The lowest BCUT2D eigenvalue weighted by atomic mass is 9.88. The minimum absolute atomic E-state index is 0.0911. The molecule has 4 nitrogen and oxygen atoms in total. The lowest BCUT2D eigenvalue weighted by Crippen LogP contribution is -2.37. The fourth-order valence-corrected chi connectivity index (χ4v) is 2.59. The molecule has 1 aromatic rings. The van der Waals surface area contributed by atoms with E-state index in [0.29, 0.717) is 5.92 Å². The lowest BCUT2D eigenvalue weighted by Gasteiger charge is -2.31. The van der Waals surface area contributed by atoms with Crippen LogP contribution in [0.25, 0.3) is 0 Å². The van der Waals surface area contributed by atoms with Gasteiger partial charge in [0.2, 0.25) is 0 Å². The van der Waals surface area contributed by atoms with E-state index >= 15 is 0 Å². The van der Waals surface area contributed by atoms with E-state index in [1.54, 1.807) is 0 Å². The Balaban J connectivity index is 2.16. The van der Waals surface area contributed by atoms with E-state index in [4.69, 9.17) is 15.3 Å². The lowest BCUT2D eigenvalue weighted by molar-refractivity contribution is 0.0385. The molecule has 1 saturated heterocycles. The zero-order valence-electron chi connectivity index (χ0n) is 11.6. The van der Waals surface area contributed by atoms with Crippen LogP contribution in [0.5, 0.6) is 5.75 Å². The second-order valence-corrected chi connectivity index (χ2v) is 5.01. The molecule has 2 rings (SSSR count). The van der Waals surface area contributed by atoms with Crippen molar-refractivity contribution >= 4 is 0 Å². The quantitative estimate of drug-likeness (QED) is 0.612. The van der Waals surface area contributed by atoms with Gasteiger partial charge in [-0.05, 0) is 25.3 Å². The van der Waals surface area contributed by atoms with Crippen LogP contribution in [0.4, 0.5) is 0 Å². The topological polar surface area (TPSA) is 56.5 Å². The second-order valence-electron chi connectivity index (χ2n) is 5.01. The maximum absolute atomic E-state index is 5.82. The fraction of sp³-hybridized carbons (Fsp3) is 0.600. The molecule has 106 valence electrons. The monoisotopic (exact) mass is 264 g/mol. The van der Waals surface area contributed by atoms with Gasteiger partial charge < -0.3 is 9.47 Å². The van der Waals surface area contributed by atoms with Crippen LogP contribution in [0.1, 0.15) is 37.8 Å². The largest absolute Gasteiger partial charge is 0.493 e. The van der Waals surface area contributed by atoms with Crippen LogP contribution in [0.2, 0.25) is 0 Å². The van der Waals surface area contributed by atoms with Crippen molar-refractivity contribution in [2.24, 2.45) is 11.8 Å². The standard InChI is InChI=1S/C15H24N2O2/c1-2-9-19-14-8-4-3-7-13(14)15(17-16)12-6-5-10-18-11-12/h3-4,7-8,12,15,17H,2,5-6,9-11,16H2,1H3. The van der Waals surface area contributed by atoms with Crippen LogP contribution in [-0.2, 0) is 4.74 Å². The number of hydrogen-bond acceptors (Lipinski definition) is 4. The van der Waals surface area contributed by atoms with Gasteiger partial charge in [-0.25, -0.2) is 0 Å². The third-order valence-electron chi connectivity index (χ3n) is 3.56. The number of benzene rings is 1. The maximum Gasteiger partial charge on any atom is 0.124 e. The van der Waals surface area contributed by atoms with Crippen molar-refractivity contribution in [1.29, 1.82) is 0 Å². The normalized spacial score (nSPS) is 21.1. The molecule has 2 atom stereocenters. The van der Waals surface area contributed by atoms with E-state index in [0.717, 1.165) is 50.4 Å². The molecule has 19 heavy (non-hydrogen) atoms. The Morgan fingerprint density at radius 2 is 2.32 bits per heavy atom. The molecule has 0 saturated carbocycles. The fourth-order valence-electron chi connectivity index (χ4n) is 2.59. The van der Waals surface area contributed by atoms with E-state index in [9.17, 15) is 0 Å². The first-order valence-corrected chi connectivity index (χ1v) is 7.12. The summed E-state index contributed by atoms with van der Waals surface area (Å²) in [5, 5.41) is 0. The van der Waals surface area contributed by atoms with Crippen LogP contribution < -0.4 is 16.0 Å². The Kier molecular flexibility index (Phi) is 5.63. The van der Waals surface area contributed by atoms with Gasteiger partial charge in [-0.15, -0.1) is 0 Å². The van der Waals surface area contributed by atoms with E-state index in [1.807, 2.05) is 18.2 Å². The first kappa shape index (κ1) is 14.3. The molecule has 4 heteroatoms. The molecule has 1 fully saturated rings. The van der Waals surface area contributed by atoms with Gasteiger partial charge in [-0.3, -0.25) is 11.3 Å². The molecule has 0 amide bonds. The predicted molar refractivity (Wildman–Crippen MR) is 75.8 cm³/mol. The Morgan fingerprint density at radius 1 is 1.47 bits per heavy atom. The van der Waals surface area contributed by atoms with Crippen LogP contribution >= 0.6 is 0 Å². The number of nitrogens with one attached hydrogen (secondary N) is 1. The first-order valence-electron chi connectivity index (χ1n) is 7.12. The van der Waals surface area contributed by atoms with E-state index in [-0.39, 0.29) is 6.04 Å². The predicted octanol–water partition coefficient (Wildman–Crippen LogP) is 2.41. The molecular weight excluding hydrogens is 240 g/mol. The van der Waals surface area contributed by atoms with E-state index in [1.165, 1.54) is 0 Å². The van der Waals surface area contributed by atoms with Crippen molar-refractivity contribution in [3.8, 4) is 5.75 Å². The van der Waals surface area contributed by atoms with Gasteiger partial charge in [0, 0.05) is 18.1 Å². The van der Waals surface area contributed by atoms with Crippen molar-refractivity contribution in [3.63, 3.8) is 0 Å². The smallest absolute Gasteiger partial charge is 0.124 e. The SMILES string of the molecule is CCCOc1ccccc1C(NN)C1CCCOC1. The minimum Gasteiger partial charge on any atom is -0.493 e. The summed E-state index contributed by atoms with van der Waals surface area (Å²) in [6.07, 6.45) is 3.24. The Morgan fingerprint density at radius 3 is 3.00 bits per heavy atom. The molecule has 1 heterocycles. The molecule has 2 unspecified atom stereocenters. The molecule has 0 aromatic heterocycles. The van der Waals surface area contributed by atoms with Crippen LogP contribution in [0.3, 0.4) is 0 Å². The molecule has 0 spiro atoms. The molecular formula is C15H24N2O2. The van der Waals surface area contributed by atoms with Crippen molar-refractivity contribution in [2.75, 3.05) is 19.8 Å². The number of rotatable bonds is 6. The minimum atomic E-state index is 0.0911. The molecule has 1 aliphatic heterocycles. The summed E-state index contributed by atoms with van der Waals surface area (Å²) in [5.74, 6) is 7.11. The highest BCUT2D eigenvalue weighted by atomic mass is 16.5. The molecule has 1 aliphatic rings. The maximum atomic E-state index is 5.82. The van der Waals surface area contributed by atoms with E-state index < -0.39 is 0 Å². The average molecular weight is 264 g/mol. The number of ether oxygens (including phenoxy) is 2. The van der Waals surface area contributed by atoms with Crippen LogP contribution in [0, 0.1) is 5.92 Å². The summed E-state index contributed by atoms with van der Waals surface area (Å²) in [7, 11) is 0. The summed E-state index contributed by atoms with van der Waals surface area (Å²) in [4.78, 5) is 0. The van der Waals surface area contributed by atoms with Gasteiger partial charge in [0.05, 0.1) is 19.3 Å². The van der Waals surface area contributed by atoms with Gasteiger partial charge in [-0.2, -0.15) is 0 Å². The number of hydrazine groups is 1. The Hall–Kier alpha value is -1.10. The summed E-state index contributed by atoms with van der Waals surface area (Å²) in [6.45, 7) is 4.46. The molecule has 0 radical (unpaired) electrons. The van der Waals surface area contributed by atoms with Crippen molar-refractivity contribution in [1.82, 2.24) is 5.43 Å². The van der Waals surface area contributed by atoms with Gasteiger partial charge >= 0.3 is 0 Å². The summed E-state index contributed by atoms with van der Waals surface area (Å²) in [6, 6.07) is 8.22. The second kappa shape index (κ2) is 7.48. The van der Waals surface area contributed by atoms with Gasteiger partial charge in [0.1, 0.15) is 5.75 Å².